The smallest absolute Gasteiger partial charge is 0.252 e. The van der Waals surface area contributed by atoms with E-state index in [1.54, 1.807) is 23.9 Å². The molecule has 1 atom stereocenters. The Morgan fingerprint density at radius 1 is 0.944 bits per heavy atom. The maximum atomic E-state index is 13.3. The van der Waals surface area contributed by atoms with Gasteiger partial charge in [-0.25, -0.2) is 0 Å². The first-order valence-electron chi connectivity index (χ1n) is 11.4. The van der Waals surface area contributed by atoms with E-state index in [-0.39, 0.29) is 5.91 Å². The normalized spacial score (nSPS) is 12.0. The summed E-state index contributed by atoms with van der Waals surface area (Å²) in [5.74, 6) is 1.10. The Morgan fingerprint density at radius 2 is 1.69 bits per heavy atom. The molecule has 0 aliphatic heterocycles. The van der Waals surface area contributed by atoms with Crippen molar-refractivity contribution in [1.82, 2.24) is 20.1 Å². The van der Waals surface area contributed by atoms with Crippen molar-refractivity contribution >= 4 is 51.6 Å². The van der Waals surface area contributed by atoms with E-state index in [1.165, 1.54) is 0 Å². The van der Waals surface area contributed by atoms with Gasteiger partial charge in [-0.15, -0.1) is 10.2 Å². The van der Waals surface area contributed by atoms with Crippen LogP contribution in [0.1, 0.15) is 34.7 Å². The Labute approximate surface area is 223 Å². The Bertz CT molecular complexity index is 1530. The van der Waals surface area contributed by atoms with Crippen molar-refractivity contribution in [3.05, 3.63) is 118 Å². The Kier molecular flexibility index (Phi) is 7.28. The van der Waals surface area contributed by atoms with Crippen LogP contribution in [0, 0.1) is 0 Å². The molecule has 0 bridgehead atoms. The standard InChI is InChI=1S/C28H22Cl2N4OS/c1-18(31-27(35)23-13-7-11-20-10-5-6-12-22(20)23)26-32-33-28(36-17-19-8-3-2-4-9-19)34(26)25-15-14-21(29)16-24(25)30/h2-16,18H,17H2,1H3,(H,31,35). The number of benzene rings is 4. The van der Waals surface area contributed by atoms with Crippen molar-refractivity contribution in [2.75, 3.05) is 0 Å². The van der Waals surface area contributed by atoms with Gasteiger partial charge in [0, 0.05) is 16.3 Å². The van der Waals surface area contributed by atoms with E-state index in [4.69, 9.17) is 23.2 Å². The summed E-state index contributed by atoms with van der Waals surface area (Å²) in [6.45, 7) is 1.89. The molecule has 0 saturated heterocycles. The molecule has 5 aromatic rings. The number of nitrogens with zero attached hydrogens (tertiary/aromatic N) is 3. The highest BCUT2D eigenvalue weighted by Gasteiger charge is 2.23. The van der Waals surface area contributed by atoms with Crippen LogP contribution in [0.2, 0.25) is 10.0 Å². The molecule has 1 aromatic heterocycles. The SMILES string of the molecule is CC(NC(=O)c1cccc2ccccc12)c1nnc(SCc2ccccc2)n1-c1ccc(Cl)cc1Cl. The lowest BCUT2D eigenvalue weighted by Gasteiger charge is -2.18. The third-order valence-corrected chi connectivity index (χ3v) is 7.33. The minimum atomic E-state index is -0.443. The number of aromatic nitrogens is 3. The fourth-order valence-corrected chi connectivity index (χ4v) is 5.43. The van der Waals surface area contributed by atoms with E-state index in [1.807, 2.05) is 78.2 Å². The van der Waals surface area contributed by atoms with Crippen LogP contribution in [0.15, 0.2) is 96.2 Å². The van der Waals surface area contributed by atoms with Gasteiger partial charge in [0.25, 0.3) is 5.91 Å². The van der Waals surface area contributed by atoms with Crippen LogP contribution in [0.4, 0.5) is 0 Å². The van der Waals surface area contributed by atoms with Crippen LogP contribution in [-0.4, -0.2) is 20.7 Å². The van der Waals surface area contributed by atoms with E-state index < -0.39 is 6.04 Å². The van der Waals surface area contributed by atoms with E-state index in [0.29, 0.717) is 38.0 Å². The van der Waals surface area contributed by atoms with Gasteiger partial charge in [-0.3, -0.25) is 9.36 Å². The maximum Gasteiger partial charge on any atom is 0.252 e. The number of carbonyl (C=O) groups excluding carboxylic acids is 1. The summed E-state index contributed by atoms with van der Waals surface area (Å²) in [5.41, 5.74) is 2.47. The number of hydrogen-bond donors (Lipinski definition) is 1. The summed E-state index contributed by atoms with van der Waals surface area (Å²) >= 11 is 14.3. The van der Waals surface area contributed by atoms with Gasteiger partial charge in [0.1, 0.15) is 0 Å². The highest BCUT2D eigenvalue weighted by atomic mass is 35.5. The maximum absolute atomic E-state index is 13.3. The first-order chi connectivity index (χ1) is 17.5. The highest BCUT2D eigenvalue weighted by molar-refractivity contribution is 7.98. The fourth-order valence-electron chi connectivity index (χ4n) is 4.03. The lowest BCUT2D eigenvalue weighted by Crippen LogP contribution is -2.28. The molecule has 0 saturated carbocycles. The Hall–Kier alpha value is -3.32. The molecule has 0 fully saturated rings. The quantitative estimate of drug-likeness (QED) is 0.220. The van der Waals surface area contributed by atoms with Gasteiger partial charge in [0.05, 0.1) is 16.8 Å². The summed E-state index contributed by atoms with van der Waals surface area (Å²) in [6.07, 6.45) is 0. The monoisotopic (exact) mass is 532 g/mol. The van der Waals surface area contributed by atoms with Gasteiger partial charge in [-0.05, 0) is 47.5 Å². The van der Waals surface area contributed by atoms with Crippen LogP contribution < -0.4 is 5.32 Å². The van der Waals surface area contributed by atoms with Gasteiger partial charge < -0.3 is 5.32 Å². The number of thioether (sulfide) groups is 1. The molecule has 1 amide bonds. The molecule has 5 nitrogen and oxygen atoms in total. The molecule has 8 heteroatoms. The minimum Gasteiger partial charge on any atom is -0.342 e. The topological polar surface area (TPSA) is 59.8 Å². The second-order valence-electron chi connectivity index (χ2n) is 8.27. The van der Waals surface area contributed by atoms with Crippen molar-refractivity contribution in [3.8, 4) is 5.69 Å². The summed E-state index contributed by atoms with van der Waals surface area (Å²) < 4.78 is 1.89. The number of hydrogen-bond acceptors (Lipinski definition) is 4. The molecule has 1 N–H and O–H groups in total. The van der Waals surface area contributed by atoms with Gasteiger partial charge in [-0.2, -0.15) is 0 Å². The fraction of sp³-hybridized carbons (Fsp3) is 0.107. The predicted molar refractivity (Wildman–Crippen MR) is 147 cm³/mol. The predicted octanol–water partition coefficient (Wildman–Crippen LogP) is 7.51. The average molecular weight is 533 g/mol. The minimum absolute atomic E-state index is 0.186. The van der Waals surface area contributed by atoms with Gasteiger partial charge in [-0.1, -0.05) is 102 Å². The molecule has 1 heterocycles. The van der Waals surface area contributed by atoms with Crippen LogP contribution in [-0.2, 0) is 5.75 Å². The van der Waals surface area contributed by atoms with Crippen molar-refractivity contribution in [1.29, 1.82) is 0 Å². The van der Waals surface area contributed by atoms with Crippen LogP contribution >= 0.6 is 35.0 Å². The van der Waals surface area contributed by atoms with Crippen LogP contribution in [0.3, 0.4) is 0 Å². The number of nitrogens with one attached hydrogen (secondary N) is 1. The van der Waals surface area contributed by atoms with E-state index in [2.05, 4.69) is 27.6 Å². The number of fused-ring (bicyclic) bond motifs is 1. The average Bonchev–Trinajstić information content (AvgIpc) is 3.31. The number of halogens is 2. The van der Waals surface area contributed by atoms with E-state index >= 15 is 0 Å². The molecule has 0 aliphatic rings. The van der Waals surface area contributed by atoms with Crippen molar-refractivity contribution in [2.45, 2.75) is 23.9 Å². The van der Waals surface area contributed by atoms with E-state index in [9.17, 15) is 4.79 Å². The molecule has 0 radical (unpaired) electrons. The molecular formula is C28H22Cl2N4OS. The number of amides is 1. The third-order valence-electron chi connectivity index (χ3n) is 5.79. The highest BCUT2D eigenvalue weighted by Crippen LogP contribution is 2.32. The number of carbonyl (C=O) groups is 1. The zero-order valence-corrected chi connectivity index (χ0v) is 21.7. The van der Waals surface area contributed by atoms with E-state index in [0.717, 1.165) is 16.3 Å². The summed E-state index contributed by atoms with van der Waals surface area (Å²) in [7, 11) is 0. The van der Waals surface area contributed by atoms with Crippen LogP contribution in [0.5, 0.6) is 0 Å². The Morgan fingerprint density at radius 3 is 2.50 bits per heavy atom. The van der Waals surface area contributed by atoms with Gasteiger partial charge in [0.2, 0.25) is 0 Å². The summed E-state index contributed by atoms with van der Waals surface area (Å²) in [6, 6.07) is 28.5. The molecule has 180 valence electrons. The third kappa shape index (κ3) is 5.12. The molecule has 1 unspecified atom stereocenters. The van der Waals surface area contributed by atoms with Gasteiger partial charge >= 0.3 is 0 Å². The molecule has 5 rings (SSSR count). The van der Waals surface area contributed by atoms with Crippen molar-refractivity contribution < 1.29 is 4.79 Å². The first-order valence-corrected chi connectivity index (χ1v) is 13.1. The Balaban J connectivity index is 1.48. The molecule has 0 spiro atoms. The van der Waals surface area contributed by atoms with Crippen molar-refractivity contribution in [2.24, 2.45) is 0 Å². The summed E-state index contributed by atoms with van der Waals surface area (Å²) in [5, 5.41) is 15.6. The zero-order chi connectivity index (χ0) is 25.1. The van der Waals surface area contributed by atoms with Crippen molar-refractivity contribution in [3.63, 3.8) is 0 Å². The van der Waals surface area contributed by atoms with Crippen LogP contribution in [0.25, 0.3) is 16.5 Å². The van der Waals surface area contributed by atoms with Gasteiger partial charge in [0.15, 0.2) is 11.0 Å². The molecular weight excluding hydrogens is 511 g/mol. The lowest BCUT2D eigenvalue weighted by molar-refractivity contribution is 0.0939. The first kappa shape index (κ1) is 24.4. The number of rotatable bonds is 7. The molecule has 4 aromatic carbocycles. The molecule has 36 heavy (non-hydrogen) atoms. The second kappa shape index (κ2) is 10.7. The largest absolute Gasteiger partial charge is 0.342 e. The summed E-state index contributed by atoms with van der Waals surface area (Å²) in [4.78, 5) is 13.3. The second-order valence-corrected chi connectivity index (χ2v) is 10.1. The lowest BCUT2D eigenvalue weighted by atomic mass is 10.0. The molecule has 0 aliphatic carbocycles. The zero-order valence-electron chi connectivity index (χ0n) is 19.4.